The van der Waals surface area contributed by atoms with Crippen molar-refractivity contribution in [1.29, 1.82) is 0 Å². The third-order valence-electron chi connectivity index (χ3n) is 5.41. The molecular formula is C26H26N2O3S. The number of nitrogens with one attached hydrogen (secondary N) is 1. The molecule has 5 nitrogen and oxygen atoms in total. The van der Waals surface area contributed by atoms with Gasteiger partial charge in [0.05, 0.1) is 11.5 Å². The minimum Gasteiger partial charge on any atom is -0.492 e. The number of sulfonamides is 1. The van der Waals surface area contributed by atoms with E-state index in [0.717, 1.165) is 11.1 Å². The number of aromatic nitrogens is 1. The molecule has 1 heterocycles. The lowest BCUT2D eigenvalue weighted by atomic mass is 9.89. The maximum atomic E-state index is 13.2. The van der Waals surface area contributed by atoms with Crippen molar-refractivity contribution in [3.8, 4) is 5.75 Å². The van der Waals surface area contributed by atoms with Crippen molar-refractivity contribution in [2.75, 3.05) is 13.2 Å². The van der Waals surface area contributed by atoms with Gasteiger partial charge < -0.3 is 4.74 Å². The van der Waals surface area contributed by atoms with Crippen LogP contribution in [0.5, 0.6) is 5.75 Å². The van der Waals surface area contributed by atoms with Crippen molar-refractivity contribution < 1.29 is 13.2 Å². The Bertz CT molecular complexity index is 1240. The molecule has 0 amide bonds. The van der Waals surface area contributed by atoms with Crippen molar-refractivity contribution >= 4 is 20.9 Å². The maximum absolute atomic E-state index is 13.2. The number of benzene rings is 3. The van der Waals surface area contributed by atoms with Gasteiger partial charge in [-0.2, -0.15) is 0 Å². The normalized spacial score (nSPS) is 11.7. The molecule has 0 saturated carbocycles. The summed E-state index contributed by atoms with van der Waals surface area (Å²) in [5.41, 5.74) is 2.87. The lowest BCUT2D eigenvalue weighted by Crippen LogP contribution is -2.26. The first-order valence-electron chi connectivity index (χ1n) is 10.7. The van der Waals surface area contributed by atoms with Crippen LogP contribution in [0.15, 0.2) is 96.0 Å². The third kappa shape index (κ3) is 4.82. The van der Waals surface area contributed by atoms with Crippen molar-refractivity contribution in [1.82, 2.24) is 9.71 Å². The fourth-order valence-corrected chi connectivity index (χ4v) is 5.18. The molecule has 0 unspecified atom stereocenters. The summed E-state index contributed by atoms with van der Waals surface area (Å²) in [6.07, 6.45) is 2.28. The minimum absolute atomic E-state index is 0.0961. The molecule has 1 aromatic heterocycles. The summed E-state index contributed by atoms with van der Waals surface area (Å²) in [6.45, 7) is 2.68. The van der Waals surface area contributed by atoms with E-state index in [1.165, 1.54) is 0 Å². The molecule has 0 saturated heterocycles. The minimum atomic E-state index is -3.72. The highest BCUT2D eigenvalue weighted by Crippen LogP contribution is 2.30. The van der Waals surface area contributed by atoms with Gasteiger partial charge in [0.15, 0.2) is 0 Å². The average Bonchev–Trinajstić information content (AvgIpc) is 2.83. The number of pyridine rings is 1. The van der Waals surface area contributed by atoms with E-state index in [4.69, 9.17) is 4.74 Å². The smallest absolute Gasteiger partial charge is 0.241 e. The van der Waals surface area contributed by atoms with Crippen LogP contribution in [0.25, 0.3) is 10.9 Å². The molecule has 0 radical (unpaired) electrons. The standard InChI is InChI=1S/C26H26N2O3S/c1-2-31-24-15-16-25(23-14-9-18-27-26(23)24)32(29,30)28-19-17-22(20-10-5-3-6-11-20)21-12-7-4-8-13-21/h3-16,18,22,28H,2,17,19H2,1H3. The Hall–Kier alpha value is -3.22. The summed E-state index contributed by atoms with van der Waals surface area (Å²) in [6, 6.07) is 27.1. The van der Waals surface area contributed by atoms with Gasteiger partial charge >= 0.3 is 0 Å². The number of fused-ring (bicyclic) bond motifs is 1. The van der Waals surface area contributed by atoms with Crippen LogP contribution in [0.2, 0.25) is 0 Å². The van der Waals surface area contributed by atoms with Crippen LogP contribution in [0.3, 0.4) is 0 Å². The van der Waals surface area contributed by atoms with E-state index < -0.39 is 10.0 Å². The highest BCUT2D eigenvalue weighted by atomic mass is 32.2. The lowest BCUT2D eigenvalue weighted by Gasteiger charge is -2.19. The van der Waals surface area contributed by atoms with E-state index >= 15 is 0 Å². The van der Waals surface area contributed by atoms with Crippen molar-refractivity contribution in [3.05, 3.63) is 102 Å². The molecule has 1 N–H and O–H groups in total. The zero-order chi connectivity index (χ0) is 22.4. The summed E-state index contributed by atoms with van der Waals surface area (Å²) in [5, 5.41) is 0.550. The summed E-state index contributed by atoms with van der Waals surface area (Å²) >= 11 is 0. The first-order valence-corrected chi connectivity index (χ1v) is 12.2. The SMILES string of the molecule is CCOc1ccc(S(=O)(=O)NCCC(c2ccccc2)c2ccccc2)c2cccnc12. The second kappa shape index (κ2) is 9.94. The lowest BCUT2D eigenvalue weighted by molar-refractivity contribution is 0.343. The van der Waals surface area contributed by atoms with E-state index in [1.54, 1.807) is 30.5 Å². The van der Waals surface area contributed by atoms with Gasteiger partial charge in [0.1, 0.15) is 11.3 Å². The first-order chi connectivity index (χ1) is 15.6. The molecule has 32 heavy (non-hydrogen) atoms. The summed E-state index contributed by atoms with van der Waals surface area (Å²) < 4.78 is 34.8. The molecule has 164 valence electrons. The van der Waals surface area contributed by atoms with E-state index in [1.807, 2.05) is 43.3 Å². The van der Waals surface area contributed by atoms with Crippen LogP contribution in [-0.2, 0) is 10.0 Å². The Morgan fingerprint density at radius 2 is 1.53 bits per heavy atom. The Morgan fingerprint density at radius 3 is 2.16 bits per heavy atom. The van der Waals surface area contributed by atoms with Crippen LogP contribution in [0, 0.1) is 0 Å². The molecular weight excluding hydrogens is 420 g/mol. The highest BCUT2D eigenvalue weighted by molar-refractivity contribution is 7.89. The molecule has 0 bridgehead atoms. The number of nitrogens with zero attached hydrogens (tertiary/aromatic N) is 1. The Balaban J connectivity index is 1.57. The van der Waals surface area contributed by atoms with Crippen molar-refractivity contribution in [2.45, 2.75) is 24.2 Å². The number of hydrogen-bond acceptors (Lipinski definition) is 4. The van der Waals surface area contributed by atoms with Crippen LogP contribution in [-0.4, -0.2) is 26.6 Å². The molecule has 6 heteroatoms. The summed E-state index contributed by atoms with van der Waals surface area (Å²) in [5.74, 6) is 0.675. The highest BCUT2D eigenvalue weighted by Gasteiger charge is 2.21. The van der Waals surface area contributed by atoms with Gasteiger partial charge in [0.2, 0.25) is 10.0 Å². The zero-order valence-corrected chi connectivity index (χ0v) is 18.8. The summed E-state index contributed by atoms with van der Waals surface area (Å²) in [4.78, 5) is 4.55. The monoisotopic (exact) mass is 446 g/mol. The Morgan fingerprint density at radius 1 is 0.875 bits per heavy atom. The van der Waals surface area contributed by atoms with Gasteiger partial charge in [-0.3, -0.25) is 4.98 Å². The van der Waals surface area contributed by atoms with E-state index in [-0.39, 0.29) is 10.8 Å². The molecule has 3 aromatic carbocycles. The third-order valence-corrected chi connectivity index (χ3v) is 6.93. The second-order valence-corrected chi connectivity index (χ2v) is 9.19. The molecule has 4 aromatic rings. The molecule has 0 aliphatic carbocycles. The maximum Gasteiger partial charge on any atom is 0.241 e. The topological polar surface area (TPSA) is 68.3 Å². The average molecular weight is 447 g/mol. The largest absolute Gasteiger partial charge is 0.492 e. The molecule has 0 spiro atoms. The van der Waals surface area contributed by atoms with E-state index in [9.17, 15) is 8.42 Å². The Kier molecular flexibility index (Phi) is 6.83. The van der Waals surface area contributed by atoms with Crippen LogP contribution in [0.4, 0.5) is 0 Å². The van der Waals surface area contributed by atoms with Crippen LogP contribution >= 0.6 is 0 Å². The van der Waals surface area contributed by atoms with Crippen molar-refractivity contribution in [2.24, 2.45) is 0 Å². The van der Waals surface area contributed by atoms with Crippen molar-refractivity contribution in [3.63, 3.8) is 0 Å². The number of hydrogen-bond donors (Lipinski definition) is 1. The van der Waals surface area contributed by atoms with Gasteiger partial charge in [-0.1, -0.05) is 60.7 Å². The molecule has 0 aliphatic heterocycles. The number of rotatable bonds is 9. The molecule has 0 fully saturated rings. The van der Waals surface area contributed by atoms with E-state index in [2.05, 4.69) is 34.0 Å². The fourth-order valence-electron chi connectivity index (χ4n) is 3.94. The predicted octanol–water partition coefficient (Wildman–Crippen LogP) is 5.13. The molecule has 0 aliphatic rings. The van der Waals surface area contributed by atoms with Gasteiger partial charge in [-0.05, 0) is 48.7 Å². The first kappa shape index (κ1) is 22.0. The van der Waals surface area contributed by atoms with Gasteiger partial charge in [0.25, 0.3) is 0 Å². The van der Waals surface area contributed by atoms with Gasteiger partial charge in [-0.25, -0.2) is 13.1 Å². The number of ether oxygens (including phenoxy) is 1. The van der Waals surface area contributed by atoms with E-state index in [0.29, 0.717) is 36.2 Å². The summed E-state index contributed by atoms with van der Waals surface area (Å²) in [7, 11) is -3.72. The van der Waals surface area contributed by atoms with Crippen LogP contribution in [0.1, 0.15) is 30.4 Å². The quantitative estimate of drug-likeness (QED) is 0.387. The van der Waals surface area contributed by atoms with Crippen LogP contribution < -0.4 is 9.46 Å². The fraction of sp³-hybridized carbons (Fsp3) is 0.192. The molecule has 0 atom stereocenters. The van der Waals surface area contributed by atoms with Gasteiger partial charge in [0, 0.05) is 24.0 Å². The predicted molar refractivity (Wildman–Crippen MR) is 127 cm³/mol. The molecule has 4 rings (SSSR count). The zero-order valence-electron chi connectivity index (χ0n) is 17.9. The second-order valence-electron chi connectivity index (χ2n) is 7.45. The Labute approximate surface area is 189 Å². The van der Waals surface area contributed by atoms with Gasteiger partial charge in [-0.15, -0.1) is 0 Å².